The van der Waals surface area contributed by atoms with Gasteiger partial charge in [-0.05, 0) is 31.9 Å². The maximum absolute atomic E-state index is 12.0. The van der Waals surface area contributed by atoms with Crippen LogP contribution in [-0.2, 0) is 4.74 Å². The lowest BCUT2D eigenvalue weighted by atomic mass is 10.0. The van der Waals surface area contributed by atoms with Crippen LogP contribution >= 0.6 is 11.6 Å². The van der Waals surface area contributed by atoms with Crippen LogP contribution in [0, 0.1) is 0 Å². The number of nitrogens with two attached hydrogens (primary N) is 1. The summed E-state index contributed by atoms with van der Waals surface area (Å²) in [5.74, 6) is -0.218. The first-order valence-electron chi connectivity index (χ1n) is 5.98. The first-order valence-corrected chi connectivity index (χ1v) is 6.36. The molecule has 0 radical (unpaired) electrons. The molecule has 3 N–H and O–H groups in total. The molecule has 1 aliphatic heterocycles. The number of rotatable bonds is 3. The third kappa shape index (κ3) is 2.76. The Morgan fingerprint density at radius 2 is 2.39 bits per heavy atom. The third-order valence-electron chi connectivity index (χ3n) is 3.20. The number of carbonyl (C=O) groups is 1. The van der Waals surface area contributed by atoms with Crippen molar-refractivity contribution in [3.8, 4) is 0 Å². The minimum Gasteiger partial charge on any atom is -0.398 e. The number of benzene rings is 1. The monoisotopic (exact) mass is 268 g/mol. The topological polar surface area (TPSA) is 64.4 Å². The van der Waals surface area contributed by atoms with Gasteiger partial charge >= 0.3 is 0 Å². The van der Waals surface area contributed by atoms with E-state index in [0.717, 1.165) is 19.4 Å². The molecular formula is C13H17ClN2O2. The highest BCUT2D eigenvalue weighted by Gasteiger charge is 2.30. The van der Waals surface area contributed by atoms with E-state index in [1.807, 2.05) is 6.92 Å². The molecule has 2 rings (SSSR count). The Hall–Kier alpha value is -1.26. The van der Waals surface area contributed by atoms with Gasteiger partial charge in [-0.3, -0.25) is 4.79 Å². The van der Waals surface area contributed by atoms with Crippen LogP contribution in [0.4, 0.5) is 5.69 Å². The van der Waals surface area contributed by atoms with E-state index in [9.17, 15) is 4.79 Å². The van der Waals surface area contributed by atoms with Crippen molar-refractivity contribution in [3.05, 3.63) is 28.8 Å². The van der Waals surface area contributed by atoms with Gasteiger partial charge in [0.05, 0.1) is 21.9 Å². The fourth-order valence-electron chi connectivity index (χ4n) is 2.06. The van der Waals surface area contributed by atoms with E-state index in [1.165, 1.54) is 0 Å². The van der Waals surface area contributed by atoms with Crippen molar-refractivity contribution in [3.63, 3.8) is 0 Å². The molecule has 1 atom stereocenters. The van der Waals surface area contributed by atoms with Crippen LogP contribution < -0.4 is 11.1 Å². The highest BCUT2D eigenvalue weighted by atomic mass is 35.5. The lowest BCUT2D eigenvalue weighted by molar-refractivity contribution is 0.0206. The number of hydrogen-bond acceptors (Lipinski definition) is 3. The maximum atomic E-state index is 12.0. The molecule has 0 saturated carbocycles. The summed E-state index contributed by atoms with van der Waals surface area (Å²) >= 11 is 6.00. The highest BCUT2D eigenvalue weighted by Crippen LogP contribution is 2.25. The van der Waals surface area contributed by atoms with Gasteiger partial charge in [-0.15, -0.1) is 0 Å². The van der Waals surface area contributed by atoms with Crippen molar-refractivity contribution in [2.45, 2.75) is 25.4 Å². The van der Waals surface area contributed by atoms with Crippen molar-refractivity contribution in [1.82, 2.24) is 5.32 Å². The molecule has 0 aliphatic carbocycles. The second-order valence-electron chi connectivity index (χ2n) is 4.79. The second kappa shape index (κ2) is 5.16. The largest absolute Gasteiger partial charge is 0.398 e. The predicted octanol–water partition coefficient (Wildman–Crippen LogP) is 2.22. The minimum absolute atomic E-state index is 0.218. The van der Waals surface area contributed by atoms with Gasteiger partial charge in [0.15, 0.2) is 0 Å². The van der Waals surface area contributed by atoms with E-state index in [-0.39, 0.29) is 11.5 Å². The van der Waals surface area contributed by atoms with Crippen LogP contribution in [-0.4, -0.2) is 24.7 Å². The number of amides is 1. The smallest absolute Gasteiger partial charge is 0.252 e. The molecule has 1 heterocycles. The number of nitrogen functional groups attached to an aromatic ring is 1. The van der Waals surface area contributed by atoms with Gasteiger partial charge in [0, 0.05) is 13.2 Å². The van der Waals surface area contributed by atoms with Crippen LogP contribution in [0.3, 0.4) is 0 Å². The molecule has 1 saturated heterocycles. The fourth-order valence-corrected chi connectivity index (χ4v) is 2.28. The Morgan fingerprint density at radius 1 is 1.61 bits per heavy atom. The third-order valence-corrected chi connectivity index (χ3v) is 3.62. The molecule has 0 bridgehead atoms. The van der Waals surface area contributed by atoms with Crippen molar-refractivity contribution in [2.75, 3.05) is 18.9 Å². The van der Waals surface area contributed by atoms with Gasteiger partial charge in [0.2, 0.25) is 0 Å². The quantitative estimate of drug-likeness (QED) is 0.826. The lowest BCUT2D eigenvalue weighted by Crippen LogP contribution is -2.40. The van der Waals surface area contributed by atoms with E-state index in [2.05, 4.69) is 5.32 Å². The molecule has 0 spiro atoms. The second-order valence-corrected chi connectivity index (χ2v) is 5.17. The Balaban J connectivity index is 2.01. The zero-order valence-electron chi connectivity index (χ0n) is 10.3. The fraction of sp³-hybridized carbons (Fsp3) is 0.462. The number of hydrogen-bond donors (Lipinski definition) is 2. The van der Waals surface area contributed by atoms with Gasteiger partial charge in [-0.1, -0.05) is 17.7 Å². The average Bonchev–Trinajstić information content (AvgIpc) is 2.77. The Labute approximate surface area is 111 Å². The molecule has 1 aliphatic rings. The molecule has 5 heteroatoms. The number of carbonyl (C=O) groups excluding carboxylic acids is 1. The van der Waals surface area contributed by atoms with Gasteiger partial charge in [-0.2, -0.15) is 0 Å². The molecule has 0 aromatic heterocycles. The normalized spacial score (nSPS) is 23.0. The first kappa shape index (κ1) is 13.2. The lowest BCUT2D eigenvalue weighted by Gasteiger charge is -2.23. The number of ether oxygens (including phenoxy) is 1. The molecule has 1 amide bonds. The minimum atomic E-state index is -0.261. The molecule has 4 nitrogen and oxygen atoms in total. The summed E-state index contributed by atoms with van der Waals surface area (Å²) in [5, 5.41) is 3.14. The van der Waals surface area contributed by atoms with E-state index in [1.54, 1.807) is 18.2 Å². The van der Waals surface area contributed by atoms with Gasteiger partial charge in [-0.25, -0.2) is 0 Å². The van der Waals surface area contributed by atoms with E-state index >= 15 is 0 Å². The van der Waals surface area contributed by atoms with Gasteiger partial charge < -0.3 is 15.8 Å². The summed E-state index contributed by atoms with van der Waals surface area (Å²) in [6.07, 6.45) is 1.99. The van der Waals surface area contributed by atoms with Crippen LogP contribution in [0.15, 0.2) is 18.2 Å². The summed E-state index contributed by atoms with van der Waals surface area (Å²) in [6.45, 7) is 3.24. The molecule has 1 fully saturated rings. The average molecular weight is 269 g/mol. The SMILES string of the molecule is CC1(CNC(=O)c2cccc(N)c2Cl)CCCO1. The molecule has 1 aromatic carbocycles. The van der Waals surface area contributed by atoms with Gasteiger partial charge in [0.25, 0.3) is 5.91 Å². The number of nitrogens with one attached hydrogen (secondary N) is 1. The predicted molar refractivity (Wildman–Crippen MR) is 71.8 cm³/mol. The van der Waals surface area contributed by atoms with E-state index < -0.39 is 0 Å². The maximum Gasteiger partial charge on any atom is 0.252 e. The summed E-state index contributed by atoms with van der Waals surface area (Å²) < 4.78 is 5.61. The first-order chi connectivity index (χ1) is 8.52. The zero-order valence-corrected chi connectivity index (χ0v) is 11.1. The van der Waals surface area contributed by atoms with Crippen molar-refractivity contribution in [2.24, 2.45) is 0 Å². The van der Waals surface area contributed by atoms with Crippen molar-refractivity contribution >= 4 is 23.2 Å². The van der Waals surface area contributed by atoms with E-state index in [4.69, 9.17) is 22.1 Å². The highest BCUT2D eigenvalue weighted by molar-refractivity contribution is 6.36. The summed E-state index contributed by atoms with van der Waals surface area (Å²) in [7, 11) is 0. The Bertz CT molecular complexity index is 456. The van der Waals surface area contributed by atoms with Crippen molar-refractivity contribution < 1.29 is 9.53 Å². The summed E-state index contributed by atoms with van der Waals surface area (Å²) in [4.78, 5) is 12.0. The van der Waals surface area contributed by atoms with Gasteiger partial charge in [0.1, 0.15) is 0 Å². The van der Waals surface area contributed by atoms with E-state index in [0.29, 0.717) is 22.8 Å². The number of halogens is 1. The molecule has 18 heavy (non-hydrogen) atoms. The van der Waals surface area contributed by atoms with Crippen LogP contribution in [0.5, 0.6) is 0 Å². The van der Waals surface area contributed by atoms with Crippen LogP contribution in [0.2, 0.25) is 5.02 Å². The Morgan fingerprint density at radius 3 is 3.06 bits per heavy atom. The molecule has 98 valence electrons. The number of anilines is 1. The van der Waals surface area contributed by atoms with Crippen molar-refractivity contribution in [1.29, 1.82) is 0 Å². The van der Waals surface area contributed by atoms with Crippen LogP contribution in [0.25, 0.3) is 0 Å². The molecular weight excluding hydrogens is 252 g/mol. The zero-order chi connectivity index (χ0) is 13.2. The summed E-state index contributed by atoms with van der Waals surface area (Å²) in [5.41, 5.74) is 6.22. The standard InChI is InChI=1S/C13H17ClN2O2/c1-13(6-3-7-18-13)8-16-12(17)9-4-2-5-10(15)11(9)14/h2,4-5H,3,6-8,15H2,1H3,(H,16,17). The molecule has 1 aromatic rings. The summed E-state index contributed by atoms with van der Waals surface area (Å²) in [6, 6.07) is 5.04. The Kier molecular flexibility index (Phi) is 3.78. The van der Waals surface area contributed by atoms with Crippen LogP contribution in [0.1, 0.15) is 30.1 Å². The molecule has 1 unspecified atom stereocenters.